The van der Waals surface area contributed by atoms with Gasteiger partial charge in [-0.15, -0.1) is 0 Å². The van der Waals surface area contributed by atoms with Crippen molar-refractivity contribution in [1.29, 1.82) is 0 Å². The lowest BCUT2D eigenvalue weighted by Crippen LogP contribution is -2.52. The highest BCUT2D eigenvalue weighted by molar-refractivity contribution is 6.02. The van der Waals surface area contributed by atoms with Crippen molar-refractivity contribution in [2.75, 3.05) is 34.8 Å². The third kappa shape index (κ3) is 4.92. The van der Waals surface area contributed by atoms with Gasteiger partial charge in [-0.05, 0) is 70.5 Å². The number of amides is 2. The molecular formula is C27H31FN5O2+. The summed E-state index contributed by atoms with van der Waals surface area (Å²) in [6.07, 6.45) is -0.224. The predicted octanol–water partition coefficient (Wildman–Crippen LogP) is 4.94. The summed E-state index contributed by atoms with van der Waals surface area (Å²) in [5.41, 5.74) is 4.62. The molecule has 1 atom stereocenters. The van der Waals surface area contributed by atoms with Crippen molar-refractivity contribution in [2.24, 2.45) is 0 Å². The van der Waals surface area contributed by atoms with Crippen LogP contribution in [0.15, 0.2) is 48.5 Å². The molecule has 0 saturated carbocycles. The molecule has 5 rings (SSSR count). The van der Waals surface area contributed by atoms with Crippen molar-refractivity contribution < 1.29 is 18.9 Å². The number of aryl methyl sites for hydroxylation is 2. The van der Waals surface area contributed by atoms with E-state index in [2.05, 4.69) is 26.3 Å². The molecule has 0 aliphatic carbocycles. The fourth-order valence-electron chi connectivity index (χ4n) is 4.80. The van der Waals surface area contributed by atoms with Gasteiger partial charge < -0.3 is 9.64 Å². The van der Waals surface area contributed by atoms with Crippen LogP contribution in [0.5, 0.6) is 5.75 Å². The number of hydrogen-bond donors (Lipinski definition) is 1. The summed E-state index contributed by atoms with van der Waals surface area (Å²) in [6.45, 7) is 9.23. The Bertz CT molecular complexity index is 1260. The largest absolute Gasteiger partial charge is 0.476 e. The first-order valence-corrected chi connectivity index (χ1v) is 12.0. The number of alkyl halides is 1. The molecule has 0 unspecified atom stereocenters. The number of aromatic amines is 1. The topological polar surface area (TPSA) is 71.8 Å². The van der Waals surface area contributed by atoms with Crippen LogP contribution in [0.25, 0.3) is 11.3 Å². The van der Waals surface area contributed by atoms with Gasteiger partial charge >= 0.3 is 11.8 Å². The molecule has 2 aliphatic rings. The number of benzene rings is 1. The Hall–Kier alpha value is -3.68. The van der Waals surface area contributed by atoms with Crippen LogP contribution in [0, 0.1) is 13.8 Å². The first-order valence-electron chi connectivity index (χ1n) is 12.0. The van der Waals surface area contributed by atoms with Crippen molar-refractivity contribution >= 4 is 23.2 Å². The highest BCUT2D eigenvalue weighted by Gasteiger charge is 2.42. The highest BCUT2D eigenvalue weighted by Crippen LogP contribution is 2.36. The molecular weight excluding hydrogens is 445 g/mol. The number of pyridine rings is 2. The summed E-state index contributed by atoms with van der Waals surface area (Å²) in [5, 5.41) is 3.01. The molecule has 2 aromatic heterocycles. The van der Waals surface area contributed by atoms with Crippen molar-refractivity contribution in [1.82, 2.24) is 4.98 Å². The van der Waals surface area contributed by atoms with Gasteiger partial charge in [0.15, 0.2) is 0 Å². The number of anilines is 3. The number of ether oxygens (including phenoxy) is 1. The summed E-state index contributed by atoms with van der Waals surface area (Å²) >= 11 is 0. The maximum absolute atomic E-state index is 13.7. The average Bonchev–Trinajstić information content (AvgIpc) is 3.23. The van der Waals surface area contributed by atoms with Crippen LogP contribution in [-0.4, -0.2) is 42.4 Å². The Morgan fingerprint density at radius 1 is 1.17 bits per heavy atom. The van der Waals surface area contributed by atoms with Gasteiger partial charge in [0.05, 0.1) is 0 Å². The second-order valence-electron chi connectivity index (χ2n) is 9.98. The molecule has 0 spiro atoms. The normalized spacial score (nSPS) is 18.7. The number of rotatable bonds is 3. The van der Waals surface area contributed by atoms with Crippen LogP contribution in [0.2, 0.25) is 0 Å². The van der Waals surface area contributed by atoms with Gasteiger partial charge in [0.25, 0.3) is 0 Å². The molecule has 2 aliphatic heterocycles. The van der Waals surface area contributed by atoms with E-state index in [-0.39, 0.29) is 6.03 Å². The molecule has 1 aromatic carbocycles. The summed E-state index contributed by atoms with van der Waals surface area (Å²) in [6, 6.07) is 15.3. The third-order valence-electron chi connectivity index (χ3n) is 6.31. The summed E-state index contributed by atoms with van der Waals surface area (Å²) in [5.74, 6) is 1.20. The van der Waals surface area contributed by atoms with E-state index in [4.69, 9.17) is 4.74 Å². The standard InChI is InChI=1S/C27H30FN5O2/c1-17-12-21(13-18(2)29-17)30-26(34)33-16-27(3,4)35-24-9-8-23(31-25(24)33)19-6-5-7-22(14-19)32-11-10-20(28)15-32/h5-9,12-14,20H,10-11,15-16H2,1-4H3,(H,29,30,34)/p+1/t20-/m0/s1. The van der Waals surface area contributed by atoms with E-state index in [0.717, 1.165) is 28.3 Å². The zero-order valence-corrected chi connectivity index (χ0v) is 20.6. The summed E-state index contributed by atoms with van der Waals surface area (Å²) in [4.78, 5) is 25.0. The monoisotopic (exact) mass is 476 g/mol. The van der Waals surface area contributed by atoms with E-state index in [1.807, 2.05) is 70.2 Å². The minimum Gasteiger partial charge on any atom is -0.476 e. The van der Waals surface area contributed by atoms with Crippen molar-refractivity contribution in [2.45, 2.75) is 45.9 Å². The molecule has 7 nitrogen and oxygen atoms in total. The number of hydrogen-bond acceptors (Lipinski definition) is 4. The molecule has 0 radical (unpaired) electrons. The molecule has 35 heavy (non-hydrogen) atoms. The number of aromatic nitrogens is 2. The van der Waals surface area contributed by atoms with Gasteiger partial charge in [-0.1, -0.05) is 12.1 Å². The number of nitrogens with zero attached hydrogens (tertiary/aromatic N) is 3. The lowest BCUT2D eigenvalue weighted by atomic mass is 10.1. The van der Waals surface area contributed by atoms with Crippen LogP contribution in [0.1, 0.15) is 31.7 Å². The van der Waals surface area contributed by atoms with Gasteiger partial charge in [-0.3, -0.25) is 10.3 Å². The highest BCUT2D eigenvalue weighted by atomic mass is 19.1. The number of nitrogens with one attached hydrogen (secondary N) is 2. The van der Waals surface area contributed by atoms with E-state index in [9.17, 15) is 9.18 Å². The maximum atomic E-state index is 13.7. The second-order valence-corrected chi connectivity index (χ2v) is 9.98. The Morgan fingerprint density at radius 3 is 2.66 bits per heavy atom. The predicted molar refractivity (Wildman–Crippen MR) is 135 cm³/mol. The molecule has 3 aromatic rings. The smallest absolute Gasteiger partial charge is 0.413 e. The quantitative estimate of drug-likeness (QED) is 0.581. The van der Waals surface area contributed by atoms with Gasteiger partial charge in [0, 0.05) is 41.4 Å². The Kier molecular flexibility index (Phi) is 5.83. The maximum Gasteiger partial charge on any atom is 0.413 e. The second kappa shape index (κ2) is 8.83. The summed E-state index contributed by atoms with van der Waals surface area (Å²) < 4.78 is 19.9. The van der Waals surface area contributed by atoms with Crippen LogP contribution >= 0.6 is 0 Å². The molecule has 1 fully saturated rings. The van der Waals surface area contributed by atoms with Crippen molar-refractivity contribution in [3.8, 4) is 17.0 Å². The number of H-pyrrole nitrogens is 1. The van der Waals surface area contributed by atoms with E-state index in [0.29, 0.717) is 43.3 Å². The van der Waals surface area contributed by atoms with Crippen LogP contribution in [-0.2, 0) is 0 Å². The van der Waals surface area contributed by atoms with Gasteiger partial charge in [-0.2, -0.15) is 4.90 Å². The van der Waals surface area contributed by atoms with Crippen molar-refractivity contribution in [3.63, 3.8) is 0 Å². The van der Waals surface area contributed by atoms with Gasteiger partial charge in [-0.25, -0.2) is 14.2 Å². The molecule has 4 heterocycles. The van der Waals surface area contributed by atoms with E-state index < -0.39 is 11.8 Å². The lowest BCUT2D eigenvalue weighted by Gasteiger charge is -2.34. The molecule has 182 valence electrons. The lowest BCUT2D eigenvalue weighted by molar-refractivity contribution is -0.352. The fourth-order valence-corrected chi connectivity index (χ4v) is 4.80. The van der Waals surface area contributed by atoms with Gasteiger partial charge in [0.2, 0.25) is 5.75 Å². The Balaban J connectivity index is 1.47. The molecule has 8 heteroatoms. The van der Waals surface area contributed by atoms with Crippen LogP contribution in [0.3, 0.4) is 0 Å². The Labute approximate surface area is 204 Å². The van der Waals surface area contributed by atoms with Crippen LogP contribution in [0.4, 0.5) is 26.4 Å². The first-order chi connectivity index (χ1) is 16.7. The van der Waals surface area contributed by atoms with Gasteiger partial charge in [0.1, 0.15) is 24.0 Å². The first kappa shape index (κ1) is 23.1. The molecule has 1 saturated heterocycles. The number of halogens is 1. The minimum absolute atomic E-state index is 0.249. The van der Waals surface area contributed by atoms with E-state index in [1.165, 1.54) is 0 Å². The number of carbonyl (C=O) groups is 1. The fraction of sp³-hybridized carbons (Fsp3) is 0.370. The molecule has 2 amide bonds. The molecule has 2 N–H and O–H groups in total. The Morgan fingerprint density at radius 2 is 1.94 bits per heavy atom. The van der Waals surface area contributed by atoms with E-state index in [1.54, 1.807) is 4.90 Å². The summed E-state index contributed by atoms with van der Waals surface area (Å²) in [7, 11) is 0. The SMILES string of the molecule is Cc1cc(NC(=O)N2CC(C)(C)Oc3ccc(-c4cccc(N5CC[C@H](F)C5)c4)[nH+]c32)cc(C)n1. The van der Waals surface area contributed by atoms with Crippen LogP contribution < -0.4 is 24.8 Å². The third-order valence-corrected chi connectivity index (χ3v) is 6.31. The zero-order valence-electron chi connectivity index (χ0n) is 20.6. The minimum atomic E-state index is -0.783. The average molecular weight is 477 g/mol. The van der Waals surface area contributed by atoms with Crippen molar-refractivity contribution in [3.05, 3.63) is 59.9 Å². The number of urea groups is 1. The molecule has 0 bridgehead atoms. The number of fused-ring (bicyclic) bond motifs is 1. The number of carbonyl (C=O) groups excluding carboxylic acids is 1. The zero-order chi connectivity index (χ0) is 24.7. The van der Waals surface area contributed by atoms with E-state index >= 15 is 0 Å².